The average molecular weight is 341 g/mol. The lowest BCUT2D eigenvalue weighted by Gasteiger charge is -2.24. The fourth-order valence-electron chi connectivity index (χ4n) is 2.63. The minimum atomic E-state index is -1.29. The first-order chi connectivity index (χ1) is 11.9. The largest absolute Gasteiger partial charge is 0.384 e. The lowest BCUT2D eigenvalue weighted by Crippen LogP contribution is -2.43. The zero-order valence-electron chi connectivity index (χ0n) is 13.8. The summed E-state index contributed by atoms with van der Waals surface area (Å²) in [5, 5.41) is 16.9. The van der Waals surface area contributed by atoms with Gasteiger partial charge in [0.2, 0.25) is 0 Å². The number of aromatic amines is 1. The number of halogens is 1. The van der Waals surface area contributed by atoms with E-state index in [1.165, 1.54) is 24.3 Å². The number of aliphatic hydroxyl groups is 1. The molecule has 0 saturated carbocycles. The monoisotopic (exact) mass is 341 g/mol. The van der Waals surface area contributed by atoms with Crippen LogP contribution in [0.1, 0.15) is 18.2 Å². The Morgan fingerprint density at radius 2 is 1.88 bits per heavy atom. The van der Waals surface area contributed by atoms with Crippen LogP contribution in [0.3, 0.4) is 0 Å². The number of hydrogen-bond donors (Lipinski definition) is 4. The SMILES string of the molecule is CC(O)(CNC(=O)NCc1cc2ccccc2[nH]1)c1ccc(F)cc1. The molecule has 0 fully saturated rings. The number of fused-ring (bicyclic) bond motifs is 1. The van der Waals surface area contributed by atoms with E-state index >= 15 is 0 Å². The highest BCUT2D eigenvalue weighted by molar-refractivity contribution is 5.80. The van der Waals surface area contributed by atoms with E-state index in [4.69, 9.17) is 0 Å². The molecule has 0 radical (unpaired) electrons. The smallest absolute Gasteiger partial charge is 0.315 e. The number of H-pyrrole nitrogens is 1. The van der Waals surface area contributed by atoms with E-state index in [1.54, 1.807) is 6.92 Å². The van der Waals surface area contributed by atoms with Crippen molar-refractivity contribution in [2.24, 2.45) is 0 Å². The van der Waals surface area contributed by atoms with E-state index in [9.17, 15) is 14.3 Å². The Hall–Kier alpha value is -2.86. The van der Waals surface area contributed by atoms with Gasteiger partial charge in [-0.2, -0.15) is 0 Å². The first kappa shape index (κ1) is 17.0. The van der Waals surface area contributed by atoms with Gasteiger partial charge in [-0.15, -0.1) is 0 Å². The van der Waals surface area contributed by atoms with Gasteiger partial charge in [0.25, 0.3) is 0 Å². The summed E-state index contributed by atoms with van der Waals surface area (Å²) in [5.74, 6) is -0.372. The van der Waals surface area contributed by atoms with Crippen LogP contribution in [0.4, 0.5) is 9.18 Å². The molecule has 1 heterocycles. The van der Waals surface area contributed by atoms with Gasteiger partial charge in [0, 0.05) is 11.2 Å². The molecule has 1 atom stereocenters. The highest BCUT2D eigenvalue weighted by Crippen LogP contribution is 2.20. The predicted octanol–water partition coefficient (Wildman–Crippen LogP) is 3.01. The van der Waals surface area contributed by atoms with Crippen molar-refractivity contribution in [2.45, 2.75) is 19.1 Å². The van der Waals surface area contributed by atoms with Crippen LogP contribution < -0.4 is 10.6 Å². The molecule has 5 nitrogen and oxygen atoms in total. The molecule has 0 saturated heterocycles. The van der Waals surface area contributed by atoms with Gasteiger partial charge in [0.05, 0.1) is 13.1 Å². The average Bonchev–Trinajstić information content (AvgIpc) is 3.01. The van der Waals surface area contributed by atoms with Crippen molar-refractivity contribution in [1.29, 1.82) is 0 Å². The molecule has 3 aromatic rings. The predicted molar refractivity (Wildman–Crippen MR) is 94.5 cm³/mol. The minimum Gasteiger partial charge on any atom is -0.384 e. The van der Waals surface area contributed by atoms with E-state index in [0.29, 0.717) is 12.1 Å². The third-order valence-corrected chi connectivity index (χ3v) is 4.08. The van der Waals surface area contributed by atoms with Gasteiger partial charge in [0.15, 0.2) is 0 Å². The standard InChI is InChI=1S/C19H20FN3O2/c1-19(25,14-6-8-15(20)9-7-14)12-22-18(24)21-11-16-10-13-4-2-3-5-17(13)23-16/h2-10,23,25H,11-12H2,1H3,(H2,21,22,24). The molecular weight excluding hydrogens is 321 g/mol. The zero-order valence-corrected chi connectivity index (χ0v) is 13.8. The maximum Gasteiger partial charge on any atom is 0.315 e. The summed E-state index contributed by atoms with van der Waals surface area (Å²) in [4.78, 5) is 15.2. The number of nitrogens with one attached hydrogen (secondary N) is 3. The van der Waals surface area contributed by atoms with Crippen molar-refractivity contribution in [3.05, 3.63) is 71.7 Å². The second-order valence-electron chi connectivity index (χ2n) is 6.20. The molecule has 6 heteroatoms. The number of hydrogen-bond acceptors (Lipinski definition) is 2. The van der Waals surface area contributed by atoms with E-state index < -0.39 is 5.60 Å². The summed E-state index contributed by atoms with van der Waals surface area (Å²) < 4.78 is 13.0. The van der Waals surface area contributed by atoms with Gasteiger partial charge < -0.3 is 20.7 Å². The number of amides is 2. The van der Waals surface area contributed by atoms with Crippen molar-refractivity contribution < 1.29 is 14.3 Å². The molecule has 2 aromatic carbocycles. The highest BCUT2D eigenvalue weighted by Gasteiger charge is 2.23. The molecule has 3 rings (SSSR count). The number of urea groups is 1. The maximum absolute atomic E-state index is 13.0. The summed E-state index contributed by atoms with van der Waals surface area (Å²) >= 11 is 0. The molecule has 4 N–H and O–H groups in total. The van der Waals surface area contributed by atoms with E-state index in [0.717, 1.165) is 16.6 Å². The van der Waals surface area contributed by atoms with Crippen molar-refractivity contribution in [1.82, 2.24) is 15.6 Å². The molecular formula is C19H20FN3O2. The fourth-order valence-corrected chi connectivity index (χ4v) is 2.63. The van der Waals surface area contributed by atoms with Crippen LogP contribution in [0.25, 0.3) is 10.9 Å². The molecule has 2 amide bonds. The van der Waals surface area contributed by atoms with Gasteiger partial charge in [0.1, 0.15) is 11.4 Å². The lowest BCUT2D eigenvalue weighted by molar-refractivity contribution is 0.0593. The maximum atomic E-state index is 13.0. The van der Waals surface area contributed by atoms with Crippen molar-refractivity contribution >= 4 is 16.9 Å². The van der Waals surface area contributed by atoms with Crippen LogP contribution in [-0.2, 0) is 12.1 Å². The van der Waals surface area contributed by atoms with Gasteiger partial charge >= 0.3 is 6.03 Å². The highest BCUT2D eigenvalue weighted by atomic mass is 19.1. The Balaban J connectivity index is 1.52. The third kappa shape index (κ3) is 4.16. The van der Waals surface area contributed by atoms with Gasteiger partial charge in [-0.1, -0.05) is 30.3 Å². The van der Waals surface area contributed by atoms with Crippen LogP contribution >= 0.6 is 0 Å². The Morgan fingerprint density at radius 1 is 1.16 bits per heavy atom. The molecule has 1 aromatic heterocycles. The van der Waals surface area contributed by atoms with E-state index in [2.05, 4.69) is 15.6 Å². The van der Waals surface area contributed by atoms with Crippen LogP contribution in [0.2, 0.25) is 0 Å². The van der Waals surface area contributed by atoms with Crippen LogP contribution in [0.15, 0.2) is 54.6 Å². The Bertz CT molecular complexity index is 839. The summed E-state index contributed by atoms with van der Waals surface area (Å²) in [6.45, 7) is 1.93. The normalized spacial score (nSPS) is 13.4. The van der Waals surface area contributed by atoms with Gasteiger partial charge in [-0.3, -0.25) is 0 Å². The van der Waals surface area contributed by atoms with Crippen LogP contribution in [-0.4, -0.2) is 22.7 Å². The first-order valence-electron chi connectivity index (χ1n) is 8.01. The summed E-state index contributed by atoms with van der Waals surface area (Å²) in [7, 11) is 0. The zero-order chi connectivity index (χ0) is 17.9. The van der Waals surface area contributed by atoms with Crippen molar-refractivity contribution in [2.75, 3.05) is 6.54 Å². The molecule has 1 unspecified atom stereocenters. The number of aromatic nitrogens is 1. The fraction of sp³-hybridized carbons (Fsp3) is 0.211. The number of carbonyl (C=O) groups is 1. The van der Waals surface area contributed by atoms with Crippen molar-refractivity contribution in [3.8, 4) is 0 Å². The lowest BCUT2D eigenvalue weighted by atomic mass is 9.96. The van der Waals surface area contributed by atoms with Gasteiger partial charge in [-0.05, 0) is 42.1 Å². The summed E-state index contributed by atoms with van der Waals surface area (Å²) in [6.07, 6.45) is 0. The topological polar surface area (TPSA) is 77.2 Å². The van der Waals surface area contributed by atoms with E-state index in [-0.39, 0.29) is 18.4 Å². The molecule has 0 spiro atoms. The van der Waals surface area contributed by atoms with Crippen molar-refractivity contribution in [3.63, 3.8) is 0 Å². The third-order valence-electron chi connectivity index (χ3n) is 4.08. The Kier molecular flexibility index (Phi) is 4.72. The molecule has 0 aliphatic carbocycles. The number of para-hydroxylation sites is 1. The molecule has 0 aliphatic rings. The second kappa shape index (κ2) is 6.94. The minimum absolute atomic E-state index is 0.0111. The van der Waals surface area contributed by atoms with E-state index in [1.807, 2.05) is 30.3 Å². The quantitative estimate of drug-likeness (QED) is 0.576. The summed E-state index contributed by atoms with van der Waals surface area (Å²) in [5.41, 5.74) is 1.15. The summed E-state index contributed by atoms with van der Waals surface area (Å²) in [6, 6.07) is 15.0. The first-order valence-corrected chi connectivity index (χ1v) is 8.01. The molecule has 130 valence electrons. The number of rotatable bonds is 5. The molecule has 25 heavy (non-hydrogen) atoms. The van der Waals surface area contributed by atoms with Gasteiger partial charge in [-0.25, -0.2) is 9.18 Å². The Morgan fingerprint density at radius 3 is 2.60 bits per heavy atom. The van der Waals surface area contributed by atoms with Crippen LogP contribution in [0.5, 0.6) is 0 Å². The number of carbonyl (C=O) groups excluding carboxylic acids is 1. The molecule has 0 bridgehead atoms. The number of benzene rings is 2. The molecule has 0 aliphatic heterocycles. The second-order valence-corrected chi connectivity index (χ2v) is 6.20. The van der Waals surface area contributed by atoms with Crippen LogP contribution in [0, 0.1) is 5.82 Å². The Labute approximate surface area is 144 Å².